The third kappa shape index (κ3) is 8.90. The molecule has 3 aromatic rings. The molecule has 0 fully saturated rings. The van der Waals surface area contributed by atoms with Gasteiger partial charge < -0.3 is 40.2 Å². The summed E-state index contributed by atoms with van der Waals surface area (Å²) in [5, 5.41) is 14.8. The highest BCUT2D eigenvalue weighted by Gasteiger charge is 2.30. The van der Waals surface area contributed by atoms with E-state index in [1.54, 1.807) is 18.2 Å². The van der Waals surface area contributed by atoms with Gasteiger partial charge in [0.15, 0.2) is 23.0 Å². The predicted octanol–water partition coefficient (Wildman–Crippen LogP) is 1.48. The van der Waals surface area contributed by atoms with Crippen LogP contribution in [0.15, 0.2) is 59.1 Å². The zero-order valence-electron chi connectivity index (χ0n) is 27.1. The van der Waals surface area contributed by atoms with Crippen LogP contribution < -0.4 is 30.7 Å². The Morgan fingerprint density at radius 2 is 1.65 bits per heavy atom. The van der Waals surface area contributed by atoms with Gasteiger partial charge in [-0.1, -0.05) is 55.4 Å². The fraction of sp³-hybridized carbons (Fsp3) is 0.412. The van der Waals surface area contributed by atoms with Gasteiger partial charge in [-0.25, -0.2) is 0 Å². The molecule has 48 heavy (non-hydrogen) atoms. The third-order valence-corrected chi connectivity index (χ3v) is 7.96. The number of nitrogens with one attached hydrogen (secondary N) is 4. The Bertz CT molecular complexity index is 1640. The Labute approximate surface area is 277 Å². The van der Waals surface area contributed by atoms with Gasteiger partial charge in [-0.3, -0.25) is 24.0 Å². The highest BCUT2D eigenvalue weighted by atomic mass is 16.7. The number of rotatable bonds is 6. The van der Waals surface area contributed by atoms with Gasteiger partial charge >= 0.3 is 0 Å². The van der Waals surface area contributed by atoms with E-state index >= 15 is 0 Å². The van der Waals surface area contributed by atoms with Gasteiger partial charge in [-0.15, -0.1) is 0 Å². The van der Waals surface area contributed by atoms with E-state index in [0.717, 1.165) is 5.56 Å². The molecule has 254 valence electrons. The zero-order chi connectivity index (χ0) is 34.2. The smallest absolute Gasteiger partial charge is 0.274 e. The van der Waals surface area contributed by atoms with Crippen molar-refractivity contribution in [1.29, 1.82) is 0 Å². The number of hydrogen-bond acceptors (Lipinski definition) is 9. The number of fused-ring (bicyclic) bond motifs is 3. The molecule has 3 heterocycles. The Morgan fingerprint density at radius 3 is 2.42 bits per heavy atom. The fourth-order valence-electron chi connectivity index (χ4n) is 5.42. The van der Waals surface area contributed by atoms with E-state index < -0.39 is 41.8 Å². The van der Waals surface area contributed by atoms with Crippen molar-refractivity contribution >= 4 is 29.5 Å². The second-order valence-corrected chi connectivity index (χ2v) is 12.3. The standard InChI is InChI=1S/C34H40N6O8/c1-20(2)13-25-33(44)38-26(14-22-7-5-4-6-8-22)32(43)35-11-12-40(30(41)16-23-9-10-28-29(15-23)47-19-46-28)18-24-17-27(39-48-24)34(45)36-21(3)31(42)37-25/h4-10,15,17,20-21,25-26H,11-14,16,18-19H2,1-3H3,(H,35,43)(H,36,45)(H,37,42)(H,38,44)/t21-,25-,26-/m1/s1. The van der Waals surface area contributed by atoms with Gasteiger partial charge in [0.2, 0.25) is 30.4 Å². The molecule has 4 N–H and O–H groups in total. The summed E-state index contributed by atoms with van der Waals surface area (Å²) in [7, 11) is 0. The topological polar surface area (TPSA) is 181 Å². The molecule has 2 aliphatic heterocycles. The van der Waals surface area contributed by atoms with Gasteiger partial charge in [-0.05, 0) is 42.5 Å². The van der Waals surface area contributed by atoms with Gasteiger partial charge in [0, 0.05) is 25.6 Å². The van der Waals surface area contributed by atoms with Crippen molar-refractivity contribution in [3.63, 3.8) is 0 Å². The molecule has 1 aromatic heterocycles. The van der Waals surface area contributed by atoms with E-state index in [4.69, 9.17) is 14.0 Å². The number of ether oxygens (including phenoxy) is 2. The molecule has 0 unspecified atom stereocenters. The van der Waals surface area contributed by atoms with Crippen LogP contribution in [-0.4, -0.2) is 77.6 Å². The van der Waals surface area contributed by atoms with Crippen LogP contribution in [0.3, 0.4) is 0 Å². The van der Waals surface area contributed by atoms with E-state index in [1.165, 1.54) is 17.9 Å². The van der Waals surface area contributed by atoms with Crippen LogP contribution in [0.25, 0.3) is 0 Å². The Balaban J connectivity index is 1.40. The second-order valence-electron chi connectivity index (χ2n) is 12.3. The minimum Gasteiger partial charge on any atom is -0.454 e. The minimum absolute atomic E-state index is 0.0165. The predicted molar refractivity (Wildman–Crippen MR) is 172 cm³/mol. The lowest BCUT2D eigenvalue weighted by Crippen LogP contribution is -2.57. The van der Waals surface area contributed by atoms with Crippen LogP contribution in [0.1, 0.15) is 54.6 Å². The molecule has 2 aromatic carbocycles. The number of nitrogens with zero attached hydrogens (tertiary/aromatic N) is 2. The molecular formula is C34H40N6O8. The summed E-state index contributed by atoms with van der Waals surface area (Å²) >= 11 is 0. The van der Waals surface area contributed by atoms with Crippen molar-refractivity contribution in [2.24, 2.45) is 5.92 Å². The quantitative estimate of drug-likeness (QED) is 0.305. The number of carbonyl (C=O) groups excluding carboxylic acids is 5. The summed E-state index contributed by atoms with van der Waals surface area (Å²) in [5.41, 5.74) is 1.43. The van der Waals surface area contributed by atoms with Crippen molar-refractivity contribution in [1.82, 2.24) is 31.3 Å². The van der Waals surface area contributed by atoms with Crippen molar-refractivity contribution in [2.75, 3.05) is 19.9 Å². The maximum atomic E-state index is 13.6. The van der Waals surface area contributed by atoms with Crippen molar-refractivity contribution in [3.05, 3.63) is 77.2 Å². The summed E-state index contributed by atoms with van der Waals surface area (Å²) in [6.07, 6.45) is 0.508. The normalized spacial score (nSPS) is 20.7. The summed E-state index contributed by atoms with van der Waals surface area (Å²) < 4.78 is 16.2. The average molecular weight is 661 g/mol. The van der Waals surface area contributed by atoms with E-state index in [2.05, 4.69) is 26.4 Å². The molecule has 0 saturated carbocycles. The van der Waals surface area contributed by atoms with Crippen LogP contribution in [0.2, 0.25) is 0 Å². The first-order valence-electron chi connectivity index (χ1n) is 15.9. The number of benzene rings is 2. The first-order valence-corrected chi connectivity index (χ1v) is 15.9. The lowest BCUT2D eigenvalue weighted by atomic mass is 10.0. The second kappa shape index (κ2) is 15.5. The Morgan fingerprint density at radius 1 is 0.896 bits per heavy atom. The molecule has 5 amide bonds. The molecule has 14 heteroatoms. The van der Waals surface area contributed by atoms with Crippen molar-refractivity contribution in [2.45, 2.75) is 64.7 Å². The van der Waals surface area contributed by atoms with E-state index in [9.17, 15) is 24.0 Å². The lowest BCUT2D eigenvalue weighted by Gasteiger charge is -2.26. The average Bonchev–Trinajstić information content (AvgIpc) is 3.73. The number of carbonyl (C=O) groups is 5. The highest BCUT2D eigenvalue weighted by Crippen LogP contribution is 2.32. The van der Waals surface area contributed by atoms with Crippen LogP contribution in [0.5, 0.6) is 11.5 Å². The Hall–Kier alpha value is -5.40. The molecule has 3 atom stereocenters. The molecule has 0 aliphatic carbocycles. The first kappa shape index (κ1) is 33.9. The molecule has 5 rings (SSSR count). The summed E-state index contributed by atoms with van der Waals surface area (Å²) in [4.78, 5) is 68.4. The van der Waals surface area contributed by atoms with Crippen LogP contribution in [0.4, 0.5) is 0 Å². The monoisotopic (exact) mass is 660 g/mol. The number of amides is 5. The van der Waals surface area contributed by atoms with Crippen molar-refractivity contribution in [3.8, 4) is 11.5 Å². The van der Waals surface area contributed by atoms with E-state index in [-0.39, 0.29) is 62.5 Å². The molecule has 2 bridgehead atoms. The molecular weight excluding hydrogens is 620 g/mol. The SMILES string of the molecule is CC(C)C[C@H]1NC(=O)[C@@H](C)NC(=O)c2cc(on2)CN(C(=O)Cc2ccc3c(c2)OCO3)CCNC(=O)[C@@H](Cc2ccccc2)NC1=O. The largest absolute Gasteiger partial charge is 0.454 e. The maximum Gasteiger partial charge on any atom is 0.274 e. The highest BCUT2D eigenvalue weighted by molar-refractivity contribution is 5.97. The Kier molecular flexibility index (Phi) is 10.9. The third-order valence-electron chi connectivity index (χ3n) is 7.96. The molecule has 2 aliphatic rings. The van der Waals surface area contributed by atoms with Gasteiger partial charge in [-0.2, -0.15) is 0 Å². The number of aromatic nitrogens is 1. The van der Waals surface area contributed by atoms with Crippen LogP contribution in [-0.2, 0) is 38.6 Å². The molecule has 14 nitrogen and oxygen atoms in total. The fourth-order valence-corrected chi connectivity index (χ4v) is 5.42. The molecule has 0 saturated heterocycles. The van der Waals surface area contributed by atoms with Crippen LogP contribution in [0, 0.1) is 5.92 Å². The van der Waals surface area contributed by atoms with E-state index in [1.807, 2.05) is 44.2 Å². The summed E-state index contributed by atoms with van der Waals surface area (Å²) in [5.74, 6) is -1.11. The molecule has 0 spiro atoms. The first-order chi connectivity index (χ1) is 23.0. The minimum atomic E-state index is -1.03. The van der Waals surface area contributed by atoms with E-state index in [0.29, 0.717) is 23.5 Å². The molecule has 0 radical (unpaired) electrons. The van der Waals surface area contributed by atoms with Gasteiger partial charge in [0.1, 0.15) is 18.1 Å². The maximum absolute atomic E-state index is 13.6. The van der Waals surface area contributed by atoms with Gasteiger partial charge in [0.05, 0.1) is 13.0 Å². The number of hydrogen-bond donors (Lipinski definition) is 4. The van der Waals surface area contributed by atoms with Crippen LogP contribution >= 0.6 is 0 Å². The van der Waals surface area contributed by atoms with Crippen molar-refractivity contribution < 1.29 is 38.0 Å². The van der Waals surface area contributed by atoms with Gasteiger partial charge in [0.25, 0.3) is 5.91 Å². The lowest BCUT2D eigenvalue weighted by molar-refractivity contribution is -0.133. The zero-order valence-corrected chi connectivity index (χ0v) is 27.1. The summed E-state index contributed by atoms with van der Waals surface area (Å²) in [6.45, 7) is 5.51. The summed E-state index contributed by atoms with van der Waals surface area (Å²) in [6, 6.07) is 12.9.